The number of benzene rings is 1. The number of carbonyl (C=O) groups excluding carboxylic acids is 1. The Morgan fingerprint density at radius 1 is 1.35 bits per heavy atom. The normalized spacial score (nSPS) is 17.0. The van der Waals surface area contributed by atoms with Crippen molar-refractivity contribution in [3.63, 3.8) is 0 Å². The maximum absolute atomic E-state index is 12.5. The number of rotatable bonds is 4. The summed E-state index contributed by atoms with van der Waals surface area (Å²) in [5.74, 6) is 0.366. The topological polar surface area (TPSA) is 41.6 Å². The van der Waals surface area contributed by atoms with E-state index in [0.717, 1.165) is 12.1 Å². The third kappa shape index (κ3) is 4.64. The van der Waals surface area contributed by atoms with E-state index < -0.39 is 11.7 Å². The number of urea groups is 1. The molecule has 1 saturated heterocycles. The number of nitrogens with zero attached hydrogens (tertiary/aromatic N) is 1. The number of ether oxygens (including phenoxy) is 1. The number of nitrogens with one attached hydrogen (secondary N) is 1. The molecular formula is C16H19F3N2O2. The Balaban J connectivity index is 1.79. The first-order chi connectivity index (χ1) is 10.8. The van der Waals surface area contributed by atoms with Crippen LogP contribution in [0.15, 0.2) is 36.4 Å². The smallest absolute Gasteiger partial charge is 0.416 e. The fourth-order valence-corrected chi connectivity index (χ4v) is 2.22. The maximum atomic E-state index is 12.5. The lowest BCUT2D eigenvalue weighted by Gasteiger charge is -2.39. The molecule has 0 saturated carbocycles. The van der Waals surface area contributed by atoms with Gasteiger partial charge in [0, 0.05) is 6.04 Å². The standard InChI is InChI=1S/C16H19F3N2O2/c1-3-4-11(2)20-15(22)21-9-14(10-21)23-13-7-5-12(6-8-13)16(17,18)19/h3-8,11,14H,9-10H2,1-2H3,(H,20,22)/b4-3+/t11-/m0/s1. The minimum absolute atomic E-state index is 0.0534. The third-order valence-electron chi connectivity index (χ3n) is 3.45. The molecule has 23 heavy (non-hydrogen) atoms. The Hall–Kier alpha value is -2.18. The summed E-state index contributed by atoms with van der Waals surface area (Å²) in [6.45, 7) is 4.57. The zero-order chi connectivity index (χ0) is 17.0. The lowest BCUT2D eigenvalue weighted by atomic mass is 10.1. The van der Waals surface area contributed by atoms with Crippen molar-refractivity contribution >= 4 is 6.03 Å². The number of likely N-dealkylation sites (tertiary alicyclic amines) is 1. The van der Waals surface area contributed by atoms with E-state index in [4.69, 9.17) is 4.74 Å². The molecule has 0 aromatic heterocycles. The summed E-state index contributed by atoms with van der Waals surface area (Å²) in [6, 6.07) is 4.32. The first-order valence-corrected chi connectivity index (χ1v) is 7.31. The monoisotopic (exact) mass is 328 g/mol. The third-order valence-corrected chi connectivity index (χ3v) is 3.45. The van der Waals surface area contributed by atoms with Gasteiger partial charge in [0.15, 0.2) is 0 Å². The molecule has 1 aromatic carbocycles. The van der Waals surface area contributed by atoms with E-state index in [1.54, 1.807) is 4.90 Å². The molecule has 1 aromatic rings. The fourth-order valence-electron chi connectivity index (χ4n) is 2.22. The molecule has 1 aliphatic heterocycles. The van der Waals surface area contributed by atoms with Gasteiger partial charge in [-0.2, -0.15) is 13.2 Å². The average molecular weight is 328 g/mol. The van der Waals surface area contributed by atoms with Crippen molar-refractivity contribution in [1.29, 1.82) is 0 Å². The van der Waals surface area contributed by atoms with Gasteiger partial charge in [0.05, 0.1) is 18.7 Å². The summed E-state index contributed by atoms with van der Waals surface area (Å²) in [4.78, 5) is 13.5. The lowest BCUT2D eigenvalue weighted by Crippen LogP contribution is -2.59. The van der Waals surface area contributed by atoms with E-state index in [1.165, 1.54) is 12.1 Å². The summed E-state index contributed by atoms with van der Waals surface area (Å²) < 4.78 is 42.9. The van der Waals surface area contributed by atoms with Gasteiger partial charge >= 0.3 is 12.2 Å². The fraction of sp³-hybridized carbons (Fsp3) is 0.438. The van der Waals surface area contributed by atoms with Crippen LogP contribution in [0.4, 0.5) is 18.0 Å². The van der Waals surface area contributed by atoms with Crippen LogP contribution in [0.5, 0.6) is 5.75 Å². The molecule has 1 aliphatic rings. The average Bonchev–Trinajstić information content (AvgIpc) is 2.42. The van der Waals surface area contributed by atoms with Crippen LogP contribution in [0.1, 0.15) is 19.4 Å². The van der Waals surface area contributed by atoms with Crippen LogP contribution in [-0.4, -0.2) is 36.2 Å². The molecule has 1 heterocycles. The SMILES string of the molecule is C/C=C/[C@H](C)NC(=O)N1CC(Oc2ccc(C(F)(F)F)cc2)C1. The van der Waals surface area contributed by atoms with Gasteiger partial charge in [-0.15, -0.1) is 0 Å². The van der Waals surface area contributed by atoms with Gasteiger partial charge in [-0.05, 0) is 38.1 Å². The van der Waals surface area contributed by atoms with Crippen molar-refractivity contribution in [1.82, 2.24) is 10.2 Å². The Morgan fingerprint density at radius 2 is 1.96 bits per heavy atom. The molecular weight excluding hydrogens is 309 g/mol. The van der Waals surface area contributed by atoms with E-state index in [0.29, 0.717) is 18.8 Å². The molecule has 0 aliphatic carbocycles. The highest BCUT2D eigenvalue weighted by Crippen LogP contribution is 2.30. The minimum atomic E-state index is -4.35. The Kier molecular flexibility index (Phi) is 5.18. The highest BCUT2D eigenvalue weighted by atomic mass is 19.4. The van der Waals surface area contributed by atoms with Gasteiger partial charge in [0.2, 0.25) is 0 Å². The van der Waals surface area contributed by atoms with Crippen LogP contribution in [-0.2, 0) is 6.18 Å². The molecule has 0 bridgehead atoms. The summed E-state index contributed by atoms with van der Waals surface area (Å²) >= 11 is 0. The molecule has 0 spiro atoms. The number of hydrogen-bond donors (Lipinski definition) is 1. The van der Waals surface area contributed by atoms with Gasteiger partial charge in [-0.3, -0.25) is 0 Å². The molecule has 2 rings (SSSR count). The van der Waals surface area contributed by atoms with Crippen LogP contribution in [0.2, 0.25) is 0 Å². The van der Waals surface area contributed by atoms with Gasteiger partial charge in [-0.25, -0.2) is 4.79 Å². The molecule has 4 nitrogen and oxygen atoms in total. The molecule has 1 atom stereocenters. The molecule has 0 radical (unpaired) electrons. The largest absolute Gasteiger partial charge is 0.487 e. The van der Waals surface area contributed by atoms with E-state index in [2.05, 4.69) is 5.32 Å². The number of halogens is 3. The van der Waals surface area contributed by atoms with Crippen LogP contribution < -0.4 is 10.1 Å². The zero-order valence-corrected chi connectivity index (χ0v) is 12.9. The highest BCUT2D eigenvalue weighted by molar-refractivity contribution is 5.75. The van der Waals surface area contributed by atoms with Crippen molar-refractivity contribution in [3.8, 4) is 5.75 Å². The van der Waals surface area contributed by atoms with Crippen LogP contribution in [0.3, 0.4) is 0 Å². The van der Waals surface area contributed by atoms with Crippen molar-refractivity contribution in [2.75, 3.05) is 13.1 Å². The van der Waals surface area contributed by atoms with Crippen molar-refractivity contribution in [3.05, 3.63) is 42.0 Å². The van der Waals surface area contributed by atoms with Crippen molar-refractivity contribution in [2.45, 2.75) is 32.2 Å². The summed E-state index contributed by atoms with van der Waals surface area (Å²) in [5, 5.41) is 2.81. The second-order valence-electron chi connectivity index (χ2n) is 5.43. The van der Waals surface area contributed by atoms with E-state index in [-0.39, 0.29) is 18.2 Å². The van der Waals surface area contributed by atoms with Crippen LogP contribution in [0, 0.1) is 0 Å². The molecule has 0 unspecified atom stereocenters. The lowest BCUT2D eigenvalue weighted by molar-refractivity contribution is -0.137. The highest BCUT2D eigenvalue weighted by Gasteiger charge is 2.33. The summed E-state index contributed by atoms with van der Waals surface area (Å²) in [6.07, 6.45) is -0.826. The quantitative estimate of drug-likeness (QED) is 0.860. The molecule has 126 valence electrons. The number of alkyl halides is 3. The van der Waals surface area contributed by atoms with Crippen molar-refractivity contribution < 1.29 is 22.7 Å². The Bertz CT molecular complexity index is 564. The number of amides is 2. The summed E-state index contributed by atoms with van der Waals surface area (Å²) in [5.41, 5.74) is -0.711. The van der Waals surface area contributed by atoms with Gasteiger partial charge in [0.25, 0.3) is 0 Å². The predicted molar refractivity (Wildman–Crippen MR) is 80.2 cm³/mol. The molecule has 2 amide bonds. The first-order valence-electron chi connectivity index (χ1n) is 7.31. The maximum Gasteiger partial charge on any atom is 0.416 e. The minimum Gasteiger partial charge on any atom is -0.487 e. The zero-order valence-electron chi connectivity index (χ0n) is 12.9. The van der Waals surface area contributed by atoms with E-state index >= 15 is 0 Å². The van der Waals surface area contributed by atoms with E-state index in [9.17, 15) is 18.0 Å². The van der Waals surface area contributed by atoms with Gasteiger partial charge in [-0.1, -0.05) is 12.2 Å². The van der Waals surface area contributed by atoms with Gasteiger partial charge in [0.1, 0.15) is 11.9 Å². The summed E-state index contributed by atoms with van der Waals surface area (Å²) in [7, 11) is 0. The van der Waals surface area contributed by atoms with E-state index in [1.807, 2.05) is 26.0 Å². The predicted octanol–water partition coefficient (Wildman–Crippen LogP) is 3.44. The molecule has 7 heteroatoms. The first kappa shape index (κ1) is 17.2. The van der Waals surface area contributed by atoms with Crippen LogP contribution >= 0.6 is 0 Å². The second kappa shape index (κ2) is 6.93. The molecule has 1 fully saturated rings. The van der Waals surface area contributed by atoms with Crippen LogP contribution in [0.25, 0.3) is 0 Å². The second-order valence-corrected chi connectivity index (χ2v) is 5.43. The number of hydrogen-bond acceptors (Lipinski definition) is 2. The number of carbonyl (C=O) groups is 1. The van der Waals surface area contributed by atoms with Crippen molar-refractivity contribution in [2.24, 2.45) is 0 Å². The molecule has 1 N–H and O–H groups in total. The number of allylic oxidation sites excluding steroid dienone is 1. The Labute approximate surface area is 132 Å². The van der Waals surface area contributed by atoms with Gasteiger partial charge < -0.3 is 15.0 Å². The Morgan fingerprint density at radius 3 is 2.48 bits per heavy atom.